The van der Waals surface area contributed by atoms with Crippen LogP contribution in [0.2, 0.25) is 0 Å². The van der Waals surface area contributed by atoms with E-state index in [0.717, 1.165) is 31.7 Å². The van der Waals surface area contributed by atoms with Crippen LogP contribution < -0.4 is 5.32 Å². The van der Waals surface area contributed by atoms with Crippen LogP contribution in [0.15, 0.2) is 16.5 Å². The Morgan fingerprint density at radius 3 is 2.56 bits per heavy atom. The maximum absolute atomic E-state index is 13.4. The Hall–Kier alpha value is -1.60. The predicted octanol–water partition coefficient (Wildman–Crippen LogP) is 4.36. The van der Waals surface area contributed by atoms with Gasteiger partial charge in [0, 0.05) is 19.0 Å². The molecule has 7 heteroatoms. The number of nitrogens with zero attached hydrogens (tertiary/aromatic N) is 1. The number of aliphatic hydroxyl groups is 1. The quantitative estimate of drug-likeness (QED) is 0.835. The van der Waals surface area contributed by atoms with Gasteiger partial charge in [0.25, 0.3) is 0 Å². The molecule has 138 valence electrons. The third-order valence-corrected chi connectivity index (χ3v) is 4.68. The van der Waals surface area contributed by atoms with E-state index in [1.807, 2.05) is 13.8 Å². The zero-order chi connectivity index (χ0) is 18.2. The highest BCUT2D eigenvalue weighted by atomic mass is 19.4. The van der Waals surface area contributed by atoms with Crippen molar-refractivity contribution < 1.29 is 22.7 Å². The van der Waals surface area contributed by atoms with Gasteiger partial charge in [-0.25, -0.2) is 4.98 Å². The van der Waals surface area contributed by atoms with Gasteiger partial charge in [0.1, 0.15) is 11.1 Å². The Morgan fingerprint density at radius 1 is 1.28 bits per heavy atom. The van der Waals surface area contributed by atoms with Crippen molar-refractivity contribution in [2.45, 2.75) is 63.8 Å². The summed E-state index contributed by atoms with van der Waals surface area (Å²) < 4.78 is 45.5. The zero-order valence-corrected chi connectivity index (χ0v) is 14.4. The number of aromatic nitrogens is 1. The van der Waals surface area contributed by atoms with Crippen molar-refractivity contribution in [1.29, 1.82) is 0 Å². The molecule has 0 atom stereocenters. The molecule has 3 rings (SSSR count). The van der Waals surface area contributed by atoms with Gasteiger partial charge in [0.2, 0.25) is 0 Å². The highest BCUT2D eigenvalue weighted by Gasteiger charge is 2.36. The average Bonchev–Trinajstić information content (AvgIpc) is 3.12. The highest BCUT2D eigenvalue weighted by Crippen LogP contribution is 2.37. The van der Waals surface area contributed by atoms with Crippen molar-refractivity contribution in [3.63, 3.8) is 0 Å². The van der Waals surface area contributed by atoms with Crippen LogP contribution in [0, 0.1) is 0 Å². The molecule has 0 aliphatic heterocycles. The van der Waals surface area contributed by atoms with E-state index in [2.05, 4.69) is 10.3 Å². The first-order valence-corrected chi connectivity index (χ1v) is 8.62. The number of oxazole rings is 1. The summed E-state index contributed by atoms with van der Waals surface area (Å²) in [5.41, 5.74) is -1.06. The number of fused-ring (bicyclic) bond motifs is 1. The Kier molecular flexibility index (Phi) is 4.81. The van der Waals surface area contributed by atoms with E-state index in [4.69, 9.17) is 4.42 Å². The fourth-order valence-corrected chi connectivity index (χ4v) is 3.32. The first kappa shape index (κ1) is 18.2. The molecule has 0 bridgehead atoms. The third-order valence-electron chi connectivity index (χ3n) is 4.68. The zero-order valence-electron chi connectivity index (χ0n) is 14.4. The molecule has 2 aromatic rings. The van der Waals surface area contributed by atoms with Gasteiger partial charge in [-0.1, -0.05) is 26.7 Å². The maximum Gasteiger partial charge on any atom is 0.420 e. The minimum absolute atomic E-state index is 0.0910. The number of benzene rings is 1. The summed E-state index contributed by atoms with van der Waals surface area (Å²) in [5.74, 6) is 0.206. The Morgan fingerprint density at radius 2 is 1.96 bits per heavy atom. The second-order valence-electron chi connectivity index (χ2n) is 7.23. The maximum atomic E-state index is 13.4. The van der Waals surface area contributed by atoms with Gasteiger partial charge in [-0.05, 0) is 30.5 Å². The lowest BCUT2D eigenvalue weighted by Gasteiger charge is -2.22. The fraction of sp³-hybridized carbons (Fsp3) is 0.611. The van der Waals surface area contributed by atoms with Gasteiger partial charge < -0.3 is 14.8 Å². The van der Waals surface area contributed by atoms with Crippen LogP contribution in [0.5, 0.6) is 0 Å². The molecular weight excluding hydrogens is 333 g/mol. The van der Waals surface area contributed by atoms with Crippen LogP contribution in [0.4, 0.5) is 13.2 Å². The molecule has 1 saturated carbocycles. The van der Waals surface area contributed by atoms with Crippen LogP contribution in [-0.4, -0.2) is 22.2 Å². The van der Waals surface area contributed by atoms with Gasteiger partial charge >= 0.3 is 6.18 Å². The Balaban J connectivity index is 1.85. The molecule has 2 N–H and O–H groups in total. The molecule has 1 heterocycles. The molecule has 0 radical (unpaired) electrons. The molecule has 0 amide bonds. The minimum Gasteiger partial charge on any atom is -0.440 e. The van der Waals surface area contributed by atoms with E-state index in [9.17, 15) is 18.3 Å². The van der Waals surface area contributed by atoms with Gasteiger partial charge in [-0.15, -0.1) is 0 Å². The normalized spacial score (nSPS) is 17.7. The largest absolute Gasteiger partial charge is 0.440 e. The standard InChI is InChI=1S/C18H23F3N2O2/c1-11(2)16-23-14-8-12(7-13(15(14)25-16)18(19,20)21)9-22-10-17(24)5-3-4-6-17/h7-8,11,22,24H,3-6,9-10H2,1-2H3. The molecule has 4 nitrogen and oxygen atoms in total. The monoisotopic (exact) mass is 356 g/mol. The fourth-order valence-electron chi connectivity index (χ4n) is 3.32. The van der Waals surface area contributed by atoms with Gasteiger partial charge in [0.15, 0.2) is 11.5 Å². The molecule has 25 heavy (non-hydrogen) atoms. The first-order chi connectivity index (χ1) is 11.7. The lowest BCUT2D eigenvalue weighted by atomic mass is 10.0. The number of alkyl halides is 3. The Labute approximate surface area is 144 Å². The van der Waals surface area contributed by atoms with E-state index in [1.165, 1.54) is 0 Å². The topological polar surface area (TPSA) is 58.3 Å². The minimum atomic E-state index is -4.51. The van der Waals surface area contributed by atoms with Crippen LogP contribution in [0.3, 0.4) is 0 Å². The van der Waals surface area contributed by atoms with E-state index >= 15 is 0 Å². The summed E-state index contributed by atoms with van der Waals surface area (Å²) in [4.78, 5) is 4.20. The molecule has 1 fully saturated rings. The van der Waals surface area contributed by atoms with Crippen LogP contribution in [-0.2, 0) is 12.7 Å². The molecule has 0 spiro atoms. The second kappa shape index (κ2) is 6.61. The SMILES string of the molecule is CC(C)c1nc2cc(CNCC3(O)CCCC3)cc(C(F)(F)F)c2o1. The molecule has 1 aliphatic carbocycles. The van der Waals surface area contributed by atoms with E-state index in [0.29, 0.717) is 18.0 Å². The Bertz CT molecular complexity index is 747. The summed E-state index contributed by atoms with van der Waals surface area (Å²) in [6.45, 7) is 4.26. The number of hydrogen-bond donors (Lipinski definition) is 2. The highest BCUT2D eigenvalue weighted by molar-refractivity contribution is 5.78. The summed E-state index contributed by atoms with van der Waals surface area (Å²) in [5, 5.41) is 13.4. The van der Waals surface area contributed by atoms with Crippen LogP contribution in [0.1, 0.15) is 62.5 Å². The molecule has 1 aromatic carbocycles. The van der Waals surface area contributed by atoms with Crippen molar-refractivity contribution >= 4 is 11.1 Å². The van der Waals surface area contributed by atoms with Crippen molar-refractivity contribution in [2.75, 3.05) is 6.54 Å². The summed E-state index contributed by atoms with van der Waals surface area (Å²) in [6.07, 6.45) is -1.08. The second-order valence-corrected chi connectivity index (χ2v) is 7.23. The lowest BCUT2D eigenvalue weighted by Crippen LogP contribution is -2.37. The van der Waals surface area contributed by atoms with E-state index < -0.39 is 17.3 Å². The number of hydrogen-bond acceptors (Lipinski definition) is 4. The smallest absolute Gasteiger partial charge is 0.420 e. The number of halogens is 3. The molecule has 1 aliphatic rings. The lowest BCUT2D eigenvalue weighted by molar-refractivity contribution is -0.136. The van der Waals surface area contributed by atoms with Crippen molar-refractivity contribution in [3.05, 3.63) is 29.2 Å². The van der Waals surface area contributed by atoms with Gasteiger partial charge in [0.05, 0.1) is 5.60 Å². The molecular formula is C18H23F3N2O2. The number of nitrogens with one attached hydrogen (secondary N) is 1. The number of rotatable bonds is 5. The first-order valence-electron chi connectivity index (χ1n) is 8.62. The predicted molar refractivity (Wildman–Crippen MR) is 88.2 cm³/mol. The van der Waals surface area contributed by atoms with Crippen LogP contribution >= 0.6 is 0 Å². The summed E-state index contributed by atoms with van der Waals surface area (Å²) in [7, 11) is 0. The summed E-state index contributed by atoms with van der Waals surface area (Å²) >= 11 is 0. The molecule has 0 saturated heterocycles. The van der Waals surface area contributed by atoms with Crippen molar-refractivity contribution in [1.82, 2.24) is 10.3 Å². The average molecular weight is 356 g/mol. The van der Waals surface area contributed by atoms with Crippen molar-refractivity contribution in [2.24, 2.45) is 0 Å². The molecule has 1 aromatic heterocycles. The summed E-state index contributed by atoms with van der Waals surface area (Å²) in [6, 6.07) is 2.72. The van der Waals surface area contributed by atoms with E-state index in [1.54, 1.807) is 6.07 Å². The van der Waals surface area contributed by atoms with E-state index in [-0.39, 0.29) is 23.6 Å². The molecule has 0 unspecified atom stereocenters. The van der Waals surface area contributed by atoms with Crippen LogP contribution in [0.25, 0.3) is 11.1 Å². The van der Waals surface area contributed by atoms with Gasteiger partial charge in [-0.2, -0.15) is 13.2 Å². The van der Waals surface area contributed by atoms with Gasteiger partial charge in [-0.3, -0.25) is 0 Å². The van der Waals surface area contributed by atoms with Crippen molar-refractivity contribution in [3.8, 4) is 0 Å². The third kappa shape index (κ3) is 3.98.